The maximum atomic E-state index is 10.9. The largest absolute Gasteiger partial charge is 1.00 e. The van der Waals surface area contributed by atoms with Crippen LogP contribution in [0.15, 0.2) is 0 Å². The van der Waals surface area contributed by atoms with Crippen molar-refractivity contribution < 1.29 is 117 Å². The van der Waals surface area contributed by atoms with Crippen molar-refractivity contribution in [1.29, 1.82) is 0 Å². The van der Waals surface area contributed by atoms with E-state index in [-0.39, 0.29) is 95.2 Å². The fourth-order valence-electron chi connectivity index (χ4n) is 2.51. The second-order valence-electron chi connectivity index (χ2n) is 6.11. The molecule has 0 saturated heterocycles. The van der Waals surface area contributed by atoms with E-state index in [2.05, 4.69) is 6.92 Å². The van der Waals surface area contributed by atoms with Crippen molar-refractivity contribution in [2.75, 3.05) is 19.1 Å². The van der Waals surface area contributed by atoms with Crippen molar-refractivity contribution in [2.45, 2.75) is 71.1 Å². The third-order valence-corrected chi connectivity index (χ3v) is 5.08. The van der Waals surface area contributed by atoms with Crippen LogP contribution in [0.3, 0.4) is 0 Å². The molecule has 0 aliphatic rings. The Bertz CT molecular complexity index is 371. The summed E-state index contributed by atoms with van der Waals surface area (Å²) in [5.74, 6) is 0. The molecule has 0 heterocycles. The van der Waals surface area contributed by atoms with Crippen LogP contribution >= 0.6 is 15.2 Å². The molecule has 0 aromatic carbocycles. The van der Waals surface area contributed by atoms with Gasteiger partial charge >= 0.3 is 88.7 Å². The van der Waals surface area contributed by atoms with E-state index in [1.807, 2.05) is 0 Å². The fraction of sp³-hybridized carbons (Fsp3) is 1.00. The average molecular weight is 439 g/mol. The van der Waals surface area contributed by atoms with Gasteiger partial charge in [-0.3, -0.25) is 4.90 Å². The molecule has 1 atom stereocenters. The molecule has 0 aromatic heterocycles. The van der Waals surface area contributed by atoms with Gasteiger partial charge in [-0.15, -0.1) is 0 Å². The molecule has 0 aliphatic heterocycles. The predicted octanol–water partition coefficient (Wildman–Crippen LogP) is -7.40. The molecule has 1 N–H and O–H groups in total. The van der Waals surface area contributed by atoms with E-state index in [1.165, 1.54) is 38.5 Å². The van der Waals surface area contributed by atoms with Crippen LogP contribution in [-0.2, 0) is 9.13 Å². The zero-order chi connectivity index (χ0) is 17.8. The molecule has 140 valence electrons. The number of hydrogen-bond donors (Lipinski definition) is 1. The maximum absolute atomic E-state index is 10.9. The monoisotopic (exact) mass is 439 g/mol. The second kappa shape index (κ2) is 21.5. The van der Waals surface area contributed by atoms with E-state index in [1.54, 1.807) is 0 Å². The summed E-state index contributed by atoms with van der Waals surface area (Å²) in [5.41, 5.74) is 0. The minimum absolute atomic E-state index is 0. The molecular weight excluding hydrogens is 409 g/mol. The van der Waals surface area contributed by atoms with Crippen LogP contribution in [0, 0.1) is 0 Å². The van der Waals surface area contributed by atoms with Gasteiger partial charge in [-0.05, 0) is 13.0 Å². The normalized spacial score (nSPS) is 13.3. The Balaban J connectivity index is -0.000000807. The van der Waals surface area contributed by atoms with E-state index >= 15 is 0 Å². The summed E-state index contributed by atoms with van der Waals surface area (Å²) in [6, 6.07) is 0. The van der Waals surface area contributed by atoms with Gasteiger partial charge in [0.2, 0.25) is 0 Å². The van der Waals surface area contributed by atoms with Gasteiger partial charge in [0.1, 0.15) is 7.60 Å². The molecule has 0 aliphatic carbocycles. The first kappa shape index (κ1) is 36.6. The predicted molar refractivity (Wildman–Crippen MR) is 85.7 cm³/mol. The van der Waals surface area contributed by atoms with E-state index in [0.29, 0.717) is 6.42 Å². The molecule has 26 heavy (non-hydrogen) atoms. The van der Waals surface area contributed by atoms with E-state index in [4.69, 9.17) is 4.89 Å². The summed E-state index contributed by atoms with van der Waals surface area (Å²) in [6.45, 7) is 2.36. The van der Waals surface area contributed by atoms with Crippen LogP contribution in [0.5, 0.6) is 0 Å². The third-order valence-electron chi connectivity index (χ3n) is 3.58. The summed E-state index contributed by atoms with van der Waals surface area (Å²) in [4.78, 5) is 42.2. The quantitative estimate of drug-likeness (QED) is 0.153. The first-order valence-corrected chi connectivity index (χ1v) is 11.9. The number of hydrogen-bond acceptors (Lipinski definition) is 6. The smallest absolute Gasteiger partial charge is 0.810 e. The van der Waals surface area contributed by atoms with Crippen LogP contribution in [0.25, 0.3) is 0 Å². The van der Waals surface area contributed by atoms with Gasteiger partial charge in [0, 0.05) is 6.29 Å². The van der Waals surface area contributed by atoms with Gasteiger partial charge in [0.15, 0.2) is 0 Å². The van der Waals surface area contributed by atoms with Gasteiger partial charge < -0.3 is 28.7 Å². The number of rotatable bonds is 15. The fourth-order valence-corrected chi connectivity index (χ4v) is 4.14. The molecule has 0 rings (SSSR count). The Labute approximate surface area is 225 Å². The minimum atomic E-state index is -4.83. The molecule has 0 saturated carbocycles. The van der Waals surface area contributed by atoms with Crippen LogP contribution in [-0.4, -0.2) is 28.9 Å². The van der Waals surface area contributed by atoms with Crippen LogP contribution in [0.1, 0.15) is 71.1 Å². The van der Waals surface area contributed by atoms with Gasteiger partial charge in [0.25, 0.3) is 0 Å². The van der Waals surface area contributed by atoms with Crippen LogP contribution in [0.2, 0.25) is 0 Å². The van der Waals surface area contributed by atoms with Crippen molar-refractivity contribution in [2.24, 2.45) is 0 Å². The van der Waals surface area contributed by atoms with E-state index in [0.717, 1.165) is 24.2 Å². The number of nitrogens with zero attached hydrogens (tertiary/aromatic N) is 1. The molecule has 0 bridgehead atoms. The van der Waals surface area contributed by atoms with E-state index < -0.39 is 27.8 Å². The molecule has 0 spiro atoms. The van der Waals surface area contributed by atoms with Gasteiger partial charge in [-0.25, -0.2) is 0 Å². The summed E-state index contributed by atoms with van der Waals surface area (Å²) >= 11 is 0. The Morgan fingerprint density at radius 3 is 1.46 bits per heavy atom. The molecule has 7 nitrogen and oxygen atoms in total. The third kappa shape index (κ3) is 29.5. The Morgan fingerprint density at radius 2 is 1.12 bits per heavy atom. The van der Waals surface area contributed by atoms with Gasteiger partial charge in [0.05, 0.1) is 6.29 Å². The summed E-state index contributed by atoms with van der Waals surface area (Å²) in [7, 11) is -9.44. The molecule has 0 amide bonds. The standard InChI is InChI=1S/C14H33NO6P2.3Na/c1-2-3-4-5-6-7-8-9-10-11-12-15(13-22(16,17)18)14-23(19,20)21;;;/h2-14H2,1H3,(H2,16,17,18)(H2,19,20,21);;;/q;3*+1/p-3. The maximum Gasteiger partial charge on any atom is 1.00 e. The van der Waals surface area contributed by atoms with Crippen molar-refractivity contribution in [3.05, 3.63) is 0 Å². The summed E-state index contributed by atoms with van der Waals surface area (Å²) < 4.78 is 21.6. The zero-order valence-corrected chi connectivity index (χ0v) is 24.8. The first-order valence-electron chi connectivity index (χ1n) is 8.40. The zero-order valence-electron chi connectivity index (χ0n) is 17.0. The van der Waals surface area contributed by atoms with Gasteiger partial charge in [-0.2, -0.15) is 0 Å². The van der Waals surface area contributed by atoms with Crippen molar-refractivity contribution in [1.82, 2.24) is 4.90 Å². The molecule has 0 radical (unpaired) electrons. The van der Waals surface area contributed by atoms with Crippen LogP contribution in [0.4, 0.5) is 0 Å². The number of unbranched alkanes of at least 4 members (excludes halogenated alkanes) is 9. The SMILES string of the molecule is CCCCCCCCCCCCN(CP(=O)([O-])[O-])CP(=O)([O-])O.[Na+].[Na+].[Na+]. The minimum Gasteiger partial charge on any atom is -0.810 e. The summed E-state index contributed by atoms with van der Waals surface area (Å²) in [6.07, 6.45) is 9.38. The van der Waals surface area contributed by atoms with Crippen molar-refractivity contribution >= 4 is 15.2 Å². The first-order chi connectivity index (χ1) is 10.6. The molecule has 0 aromatic rings. The van der Waals surface area contributed by atoms with Crippen molar-refractivity contribution in [3.8, 4) is 0 Å². The van der Waals surface area contributed by atoms with Crippen LogP contribution < -0.4 is 103 Å². The Hall–Kier alpha value is 3.26. The van der Waals surface area contributed by atoms with E-state index in [9.17, 15) is 23.8 Å². The topological polar surface area (TPSA) is 127 Å². The molecule has 1 unspecified atom stereocenters. The molecule has 0 fully saturated rings. The van der Waals surface area contributed by atoms with Crippen molar-refractivity contribution in [3.63, 3.8) is 0 Å². The second-order valence-corrected chi connectivity index (χ2v) is 9.17. The molecular formula is C14H30NNa3O6P2. The summed E-state index contributed by atoms with van der Waals surface area (Å²) in [5, 5.41) is 0. The Morgan fingerprint density at radius 1 is 0.731 bits per heavy atom. The average Bonchev–Trinajstić information content (AvgIpc) is 2.37. The van der Waals surface area contributed by atoms with Gasteiger partial charge in [-0.1, -0.05) is 72.3 Å². The Kier molecular flexibility index (Phi) is 30.3. The molecule has 12 heteroatoms.